The molecule has 2 N–H and O–H groups in total. The average Bonchev–Trinajstić information content (AvgIpc) is 2.71. The molecular weight excluding hydrogens is 232 g/mol. The fourth-order valence-corrected chi connectivity index (χ4v) is 3.11. The number of carbonyl (C=O) groups is 2. The molecule has 3 atom stereocenters. The van der Waals surface area contributed by atoms with Crippen molar-refractivity contribution < 1.29 is 14.7 Å². The molecular formula is C13H22N2O3. The Morgan fingerprint density at radius 3 is 2.61 bits per heavy atom. The van der Waals surface area contributed by atoms with E-state index < -0.39 is 17.4 Å². The number of hydrogen-bond donors (Lipinski definition) is 2. The van der Waals surface area contributed by atoms with Crippen LogP contribution in [0.3, 0.4) is 0 Å². The Morgan fingerprint density at radius 1 is 1.39 bits per heavy atom. The summed E-state index contributed by atoms with van der Waals surface area (Å²) in [6.45, 7) is 5.21. The number of aliphatic carboxylic acids is 1. The lowest BCUT2D eigenvalue weighted by atomic mass is 9.89. The Balaban J connectivity index is 2.08. The SMILES string of the molecule is CC1C(C(=O)O)CCN1C(=O)C1(C)CCCCN1. The molecule has 0 aromatic rings. The van der Waals surface area contributed by atoms with Crippen molar-refractivity contribution in [3.63, 3.8) is 0 Å². The molecule has 0 spiro atoms. The first kappa shape index (κ1) is 13.3. The van der Waals surface area contributed by atoms with Crippen molar-refractivity contribution >= 4 is 11.9 Å². The Labute approximate surface area is 108 Å². The van der Waals surface area contributed by atoms with Crippen molar-refractivity contribution in [2.45, 2.75) is 51.1 Å². The summed E-state index contributed by atoms with van der Waals surface area (Å²) in [4.78, 5) is 25.4. The van der Waals surface area contributed by atoms with Gasteiger partial charge in [0.15, 0.2) is 0 Å². The summed E-state index contributed by atoms with van der Waals surface area (Å²) in [6.07, 6.45) is 3.57. The summed E-state index contributed by atoms with van der Waals surface area (Å²) in [5.74, 6) is -1.14. The molecule has 0 aromatic heterocycles. The van der Waals surface area contributed by atoms with Crippen molar-refractivity contribution in [1.82, 2.24) is 10.2 Å². The summed E-state index contributed by atoms with van der Waals surface area (Å²) in [5, 5.41) is 12.4. The zero-order valence-electron chi connectivity index (χ0n) is 11.1. The van der Waals surface area contributed by atoms with Gasteiger partial charge < -0.3 is 15.3 Å². The van der Waals surface area contributed by atoms with Crippen LogP contribution in [0.1, 0.15) is 39.5 Å². The molecule has 3 unspecified atom stereocenters. The van der Waals surface area contributed by atoms with E-state index in [-0.39, 0.29) is 11.9 Å². The highest BCUT2D eigenvalue weighted by Gasteiger charge is 2.44. The van der Waals surface area contributed by atoms with E-state index in [4.69, 9.17) is 5.11 Å². The molecule has 0 aliphatic carbocycles. The molecule has 102 valence electrons. The quantitative estimate of drug-likeness (QED) is 0.766. The fourth-order valence-electron chi connectivity index (χ4n) is 3.11. The van der Waals surface area contributed by atoms with Gasteiger partial charge in [-0.2, -0.15) is 0 Å². The molecule has 0 bridgehead atoms. The van der Waals surface area contributed by atoms with Crippen LogP contribution < -0.4 is 5.32 Å². The third-order valence-electron chi connectivity index (χ3n) is 4.42. The summed E-state index contributed by atoms with van der Waals surface area (Å²) >= 11 is 0. The number of piperidine rings is 1. The van der Waals surface area contributed by atoms with Gasteiger partial charge in [0.1, 0.15) is 0 Å². The van der Waals surface area contributed by atoms with Crippen LogP contribution in [0.4, 0.5) is 0 Å². The van der Waals surface area contributed by atoms with Crippen LogP contribution in [0.25, 0.3) is 0 Å². The highest BCUT2D eigenvalue weighted by Crippen LogP contribution is 2.29. The Bertz CT molecular complexity index is 350. The first-order chi connectivity index (χ1) is 8.46. The van der Waals surface area contributed by atoms with Crippen molar-refractivity contribution in [2.75, 3.05) is 13.1 Å². The van der Waals surface area contributed by atoms with E-state index in [9.17, 15) is 9.59 Å². The van der Waals surface area contributed by atoms with Gasteiger partial charge in [0.25, 0.3) is 0 Å². The number of nitrogens with zero attached hydrogens (tertiary/aromatic N) is 1. The van der Waals surface area contributed by atoms with Crippen molar-refractivity contribution in [2.24, 2.45) is 5.92 Å². The number of likely N-dealkylation sites (tertiary alicyclic amines) is 1. The monoisotopic (exact) mass is 254 g/mol. The summed E-state index contributed by atoms with van der Waals surface area (Å²) < 4.78 is 0. The van der Waals surface area contributed by atoms with Gasteiger partial charge in [0.05, 0.1) is 11.5 Å². The molecule has 2 heterocycles. The highest BCUT2D eigenvalue weighted by atomic mass is 16.4. The molecule has 5 nitrogen and oxygen atoms in total. The van der Waals surface area contributed by atoms with Gasteiger partial charge in [-0.15, -0.1) is 0 Å². The van der Waals surface area contributed by atoms with Crippen LogP contribution in [-0.2, 0) is 9.59 Å². The predicted octanol–water partition coefficient (Wildman–Crippen LogP) is 0.840. The third-order valence-corrected chi connectivity index (χ3v) is 4.42. The summed E-state index contributed by atoms with van der Waals surface area (Å²) in [5.41, 5.74) is -0.500. The lowest BCUT2D eigenvalue weighted by molar-refractivity contribution is -0.144. The van der Waals surface area contributed by atoms with Crippen LogP contribution in [0.2, 0.25) is 0 Å². The maximum Gasteiger partial charge on any atom is 0.308 e. The largest absolute Gasteiger partial charge is 0.481 e. The number of carboxylic acids is 1. The number of hydrogen-bond acceptors (Lipinski definition) is 3. The van der Waals surface area contributed by atoms with E-state index in [0.29, 0.717) is 13.0 Å². The van der Waals surface area contributed by atoms with Crippen LogP contribution in [0, 0.1) is 5.92 Å². The van der Waals surface area contributed by atoms with E-state index in [1.54, 1.807) is 4.90 Å². The smallest absolute Gasteiger partial charge is 0.308 e. The number of amides is 1. The Morgan fingerprint density at radius 2 is 2.11 bits per heavy atom. The second kappa shape index (κ2) is 4.88. The van der Waals surface area contributed by atoms with E-state index in [1.807, 2.05) is 13.8 Å². The standard InChI is InChI=1S/C13H22N2O3/c1-9-10(11(16)17)5-8-15(9)12(18)13(2)6-3-4-7-14-13/h9-10,14H,3-8H2,1-2H3,(H,16,17). The number of rotatable bonds is 2. The van der Waals surface area contributed by atoms with Crippen molar-refractivity contribution in [3.8, 4) is 0 Å². The van der Waals surface area contributed by atoms with Crippen LogP contribution >= 0.6 is 0 Å². The topological polar surface area (TPSA) is 69.6 Å². The molecule has 2 aliphatic heterocycles. The molecule has 2 aliphatic rings. The molecule has 2 rings (SSSR count). The van der Waals surface area contributed by atoms with Crippen LogP contribution in [0.5, 0.6) is 0 Å². The predicted molar refractivity (Wildman–Crippen MR) is 67.2 cm³/mol. The zero-order chi connectivity index (χ0) is 13.3. The first-order valence-corrected chi connectivity index (χ1v) is 6.74. The Kier molecular flexibility index (Phi) is 3.61. The maximum atomic E-state index is 12.6. The van der Waals surface area contributed by atoms with Gasteiger partial charge in [-0.3, -0.25) is 9.59 Å². The molecule has 2 fully saturated rings. The van der Waals surface area contributed by atoms with E-state index in [2.05, 4.69) is 5.32 Å². The molecule has 0 aromatic carbocycles. The lowest BCUT2D eigenvalue weighted by Crippen LogP contribution is -2.59. The minimum absolute atomic E-state index is 0.0680. The minimum atomic E-state index is -0.792. The fraction of sp³-hybridized carbons (Fsp3) is 0.846. The molecule has 2 saturated heterocycles. The average molecular weight is 254 g/mol. The number of carbonyl (C=O) groups excluding carboxylic acids is 1. The van der Waals surface area contributed by atoms with E-state index in [0.717, 1.165) is 25.8 Å². The highest BCUT2D eigenvalue weighted by molar-refractivity contribution is 5.87. The van der Waals surface area contributed by atoms with Gasteiger partial charge in [0, 0.05) is 12.6 Å². The van der Waals surface area contributed by atoms with Crippen molar-refractivity contribution in [1.29, 1.82) is 0 Å². The second-order valence-electron chi connectivity index (χ2n) is 5.69. The van der Waals surface area contributed by atoms with Gasteiger partial charge in [-0.05, 0) is 46.1 Å². The maximum absolute atomic E-state index is 12.6. The van der Waals surface area contributed by atoms with Crippen LogP contribution in [0.15, 0.2) is 0 Å². The van der Waals surface area contributed by atoms with Gasteiger partial charge in [-0.25, -0.2) is 0 Å². The van der Waals surface area contributed by atoms with Crippen molar-refractivity contribution in [3.05, 3.63) is 0 Å². The van der Waals surface area contributed by atoms with Gasteiger partial charge in [-0.1, -0.05) is 0 Å². The Hall–Kier alpha value is -1.10. The van der Waals surface area contributed by atoms with E-state index in [1.165, 1.54) is 0 Å². The number of nitrogens with one attached hydrogen (secondary N) is 1. The molecule has 1 amide bonds. The normalized spacial score (nSPS) is 36.7. The lowest BCUT2D eigenvalue weighted by Gasteiger charge is -2.38. The number of carboxylic acid groups (broad SMARTS) is 1. The third kappa shape index (κ3) is 2.23. The molecule has 5 heteroatoms. The second-order valence-corrected chi connectivity index (χ2v) is 5.69. The zero-order valence-corrected chi connectivity index (χ0v) is 11.1. The minimum Gasteiger partial charge on any atom is -0.481 e. The van der Waals surface area contributed by atoms with E-state index >= 15 is 0 Å². The summed E-state index contributed by atoms with van der Waals surface area (Å²) in [7, 11) is 0. The molecule has 0 saturated carbocycles. The van der Waals surface area contributed by atoms with Gasteiger partial charge >= 0.3 is 5.97 Å². The van der Waals surface area contributed by atoms with Gasteiger partial charge in [0.2, 0.25) is 5.91 Å². The molecule has 0 radical (unpaired) electrons. The summed E-state index contributed by atoms with van der Waals surface area (Å²) in [6, 6.07) is -0.199. The molecule has 18 heavy (non-hydrogen) atoms. The van der Waals surface area contributed by atoms with Crippen LogP contribution in [-0.4, -0.2) is 46.6 Å². The first-order valence-electron chi connectivity index (χ1n) is 6.74.